The fourth-order valence-corrected chi connectivity index (χ4v) is 3.57. The number of nitrogens with zero attached hydrogens (tertiary/aromatic N) is 2. The van der Waals surface area contributed by atoms with Crippen LogP contribution < -0.4 is 15.4 Å². The van der Waals surface area contributed by atoms with Crippen molar-refractivity contribution in [3.8, 4) is 6.07 Å². The molecule has 4 atom stereocenters. The van der Waals surface area contributed by atoms with Gasteiger partial charge in [0.15, 0.2) is 5.69 Å². The fraction of sp³-hybridized carbons (Fsp3) is 0.400. The highest BCUT2D eigenvalue weighted by molar-refractivity contribution is 7.91. The van der Waals surface area contributed by atoms with Crippen molar-refractivity contribution in [3.05, 3.63) is 47.4 Å². The lowest BCUT2D eigenvalue weighted by Gasteiger charge is -2.31. The number of amides is 2. The van der Waals surface area contributed by atoms with Crippen molar-refractivity contribution in [2.24, 2.45) is 0 Å². The predicted molar refractivity (Wildman–Crippen MR) is 116 cm³/mol. The lowest BCUT2D eigenvalue weighted by Crippen LogP contribution is -2.56. The van der Waals surface area contributed by atoms with Crippen LogP contribution in [0.5, 0.6) is 0 Å². The van der Waals surface area contributed by atoms with E-state index < -0.39 is 75.9 Å². The Balaban J connectivity index is 2.32. The number of halogens is 2. The molecule has 0 radical (unpaired) electrons. The largest absolute Gasteiger partial charge is 0.431 e. The van der Waals surface area contributed by atoms with E-state index in [0.29, 0.717) is 6.07 Å². The number of anilines is 1. The van der Waals surface area contributed by atoms with Crippen molar-refractivity contribution in [3.63, 3.8) is 0 Å². The minimum absolute atomic E-state index is 0.00925. The average Bonchev–Trinajstić information content (AvgIpc) is 3.17. The monoisotopic (exact) mass is 515 g/mol. The van der Waals surface area contributed by atoms with Crippen LogP contribution in [0.1, 0.15) is 29.4 Å². The van der Waals surface area contributed by atoms with Crippen LogP contribution in [0.2, 0.25) is 0 Å². The minimum atomic E-state index is -3.75. The Labute approximate surface area is 199 Å². The molecule has 1 heterocycles. The smallest absolute Gasteiger partial charge is 0.309 e. The van der Waals surface area contributed by atoms with Crippen LogP contribution in [0.25, 0.3) is 0 Å². The number of aliphatic hydroxyl groups excluding tert-OH is 2. The van der Waals surface area contributed by atoms with Gasteiger partial charge in [0.05, 0.1) is 30.8 Å². The Morgan fingerprint density at radius 3 is 2.29 bits per heavy atom. The van der Waals surface area contributed by atoms with E-state index in [0.717, 1.165) is 31.6 Å². The summed E-state index contributed by atoms with van der Waals surface area (Å²) in [5.74, 6) is -3.43. The predicted octanol–water partition coefficient (Wildman–Crippen LogP) is -0.194. The molecule has 0 bridgehead atoms. The number of nitrogens with one attached hydrogen (secondary N) is 3. The van der Waals surface area contributed by atoms with Gasteiger partial charge in [-0.05, 0) is 24.1 Å². The Morgan fingerprint density at radius 1 is 1.14 bits per heavy atom. The number of nitriles is 1. The number of oxazole rings is 1. The maximum atomic E-state index is 13.7. The third kappa shape index (κ3) is 8.59. The fourth-order valence-electron chi connectivity index (χ4n) is 3.16. The molecule has 5 N–H and O–H groups in total. The van der Waals surface area contributed by atoms with Gasteiger partial charge >= 0.3 is 6.01 Å². The molecule has 2 aromatic rings. The molecule has 2 rings (SSSR count). The molecular formula is C20H23F2N5O7S. The summed E-state index contributed by atoms with van der Waals surface area (Å²) in [6.07, 6.45) is -2.74. The Bertz CT molecular complexity index is 1190. The molecule has 2 amide bonds. The van der Waals surface area contributed by atoms with Gasteiger partial charge in [-0.25, -0.2) is 21.9 Å². The molecule has 0 unspecified atom stereocenters. The second kappa shape index (κ2) is 11.7. The lowest BCUT2D eigenvalue weighted by atomic mass is 9.92. The van der Waals surface area contributed by atoms with Crippen molar-refractivity contribution in [1.82, 2.24) is 15.6 Å². The standard InChI is InChI=1S/C20H23F2N5O7S/c1-10(28)24-14(3-4-23)17(29)18(30)15(7-11-5-12(21)8-13(22)6-11)25-19(31)16-9-34-20(26-16)27-35(2,32)33/h5-6,8-9,14-15,17-18,29-30H,3,7H2,1-2H3,(H,24,28)(H,25,31)(H,26,27)/t14-,15+,17-,18-/m1/s1. The quantitative estimate of drug-likeness (QED) is 0.269. The maximum Gasteiger partial charge on any atom is 0.309 e. The molecule has 0 saturated carbocycles. The van der Waals surface area contributed by atoms with E-state index >= 15 is 0 Å². The van der Waals surface area contributed by atoms with Crippen LogP contribution in [0.15, 0.2) is 28.9 Å². The number of aromatic nitrogens is 1. The molecular weight excluding hydrogens is 492 g/mol. The zero-order valence-corrected chi connectivity index (χ0v) is 19.3. The molecule has 190 valence electrons. The number of hydrogen-bond donors (Lipinski definition) is 5. The van der Waals surface area contributed by atoms with Gasteiger partial charge in [0.2, 0.25) is 15.9 Å². The zero-order chi connectivity index (χ0) is 26.3. The molecule has 15 heteroatoms. The maximum absolute atomic E-state index is 13.7. The highest BCUT2D eigenvalue weighted by Crippen LogP contribution is 2.17. The van der Waals surface area contributed by atoms with Gasteiger partial charge in [-0.1, -0.05) is 0 Å². The van der Waals surface area contributed by atoms with E-state index in [1.807, 2.05) is 4.72 Å². The Kier molecular flexibility index (Phi) is 9.23. The van der Waals surface area contributed by atoms with Gasteiger partial charge in [-0.15, -0.1) is 0 Å². The molecule has 0 fully saturated rings. The number of carbonyl (C=O) groups is 2. The van der Waals surface area contributed by atoms with Crippen molar-refractivity contribution >= 4 is 27.9 Å². The topological polar surface area (TPSA) is 195 Å². The molecule has 0 aliphatic carbocycles. The number of carbonyl (C=O) groups excluding carboxylic acids is 2. The first-order valence-corrected chi connectivity index (χ1v) is 11.9. The average molecular weight is 515 g/mol. The van der Waals surface area contributed by atoms with E-state index in [1.54, 1.807) is 6.07 Å². The number of aliphatic hydroxyl groups is 2. The van der Waals surface area contributed by atoms with Crippen molar-refractivity contribution in [2.75, 3.05) is 11.0 Å². The van der Waals surface area contributed by atoms with Crippen molar-refractivity contribution < 1.29 is 41.4 Å². The van der Waals surface area contributed by atoms with Crippen LogP contribution >= 0.6 is 0 Å². The number of hydrogen-bond acceptors (Lipinski definition) is 9. The van der Waals surface area contributed by atoms with Crippen molar-refractivity contribution in [1.29, 1.82) is 5.26 Å². The van der Waals surface area contributed by atoms with Crippen molar-refractivity contribution in [2.45, 2.75) is 44.1 Å². The first-order valence-electron chi connectivity index (χ1n) is 9.98. The molecule has 0 aliphatic rings. The van der Waals surface area contributed by atoms with E-state index in [1.165, 1.54) is 0 Å². The summed E-state index contributed by atoms with van der Waals surface area (Å²) < 4.78 is 56.7. The van der Waals surface area contributed by atoms with Gasteiger partial charge in [0.25, 0.3) is 5.91 Å². The summed E-state index contributed by atoms with van der Waals surface area (Å²) in [6, 6.07) is 1.12. The molecule has 12 nitrogen and oxygen atoms in total. The lowest BCUT2D eigenvalue weighted by molar-refractivity contribution is -0.121. The first-order chi connectivity index (χ1) is 16.3. The van der Waals surface area contributed by atoms with E-state index in [4.69, 9.17) is 9.68 Å². The van der Waals surface area contributed by atoms with Crippen LogP contribution in [0.4, 0.5) is 14.8 Å². The minimum Gasteiger partial charge on any atom is -0.431 e. The third-order valence-electron chi connectivity index (χ3n) is 4.58. The Hall–Kier alpha value is -3.61. The Morgan fingerprint density at radius 2 is 1.74 bits per heavy atom. The molecule has 0 saturated heterocycles. The summed E-state index contributed by atoms with van der Waals surface area (Å²) in [7, 11) is -3.75. The second-order valence-corrected chi connectivity index (χ2v) is 9.37. The highest BCUT2D eigenvalue weighted by Gasteiger charge is 2.34. The summed E-state index contributed by atoms with van der Waals surface area (Å²) in [5.41, 5.74) is -0.404. The summed E-state index contributed by atoms with van der Waals surface area (Å²) in [4.78, 5) is 27.8. The van der Waals surface area contributed by atoms with Gasteiger partial charge in [-0.3, -0.25) is 9.59 Å². The van der Waals surface area contributed by atoms with Gasteiger partial charge in [0.1, 0.15) is 30.1 Å². The van der Waals surface area contributed by atoms with Crippen LogP contribution in [0, 0.1) is 23.0 Å². The molecule has 0 spiro atoms. The van der Waals surface area contributed by atoms with Crippen LogP contribution in [0.3, 0.4) is 0 Å². The van der Waals surface area contributed by atoms with E-state index in [9.17, 15) is 37.0 Å². The molecule has 0 aliphatic heterocycles. The highest BCUT2D eigenvalue weighted by atomic mass is 32.2. The first kappa shape index (κ1) is 27.6. The molecule has 1 aromatic heterocycles. The molecule has 1 aromatic carbocycles. The van der Waals surface area contributed by atoms with Crippen LogP contribution in [-0.2, 0) is 21.2 Å². The zero-order valence-electron chi connectivity index (χ0n) is 18.5. The third-order valence-corrected chi connectivity index (χ3v) is 5.12. The second-order valence-electron chi connectivity index (χ2n) is 7.62. The normalized spacial score (nSPS) is 14.8. The summed E-state index contributed by atoms with van der Waals surface area (Å²) in [6.45, 7) is 1.13. The summed E-state index contributed by atoms with van der Waals surface area (Å²) in [5, 5.41) is 35.0. The molecule has 35 heavy (non-hydrogen) atoms. The van der Waals surface area contributed by atoms with E-state index in [2.05, 4.69) is 15.6 Å². The van der Waals surface area contributed by atoms with Gasteiger partial charge in [0, 0.05) is 13.0 Å². The SMILES string of the molecule is CC(=O)N[C@H](CC#N)[C@@H](O)[C@H](O)[C@H](Cc1cc(F)cc(F)c1)NC(=O)c1coc(NS(C)(=O)=O)n1. The summed E-state index contributed by atoms with van der Waals surface area (Å²) >= 11 is 0. The van der Waals surface area contributed by atoms with E-state index in [-0.39, 0.29) is 12.0 Å². The number of benzene rings is 1. The number of rotatable bonds is 11. The van der Waals surface area contributed by atoms with Crippen LogP contribution in [-0.4, -0.2) is 66.0 Å². The number of sulfonamides is 1. The van der Waals surface area contributed by atoms with Gasteiger partial charge < -0.3 is 25.3 Å². The van der Waals surface area contributed by atoms with Gasteiger partial charge in [-0.2, -0.15) is 10.2 Å².